The Kier molecular flexibility index (Phi) is 12.3. The van der Waals surface area contributed by atoms with Crippen molar-refractivity contribution in [1.82, 2.24) is 9.97 Å². The second-order valence-electron chi connectivity index (χ2n) is 15.5. The van der Waals surface area contributed by atoms with E-state index in [1.54, 1.807) is 0 Å². The molecule has 0 saturated carbocycles. The van der Waals surface area contributed by atoms with Gasteiger partial charge in [0.05, 0.1) is 25.3 Å². The van der Waals surface area contributed by atoms with Crippen LogP contribution in [0.1, 0.15) is 56.2 Å². The van der Waals surface area contributed by atoms with Crippen LogP contribution in [0.25, 0.3) is 66.7 Å². The Morgan fingerprint density at radius 3 is 1.98 bits per heavy atom. The first-order valence-corrected chi connectivity index (χ1v) is 22.4. The van der Waals surface area contributed by atoms with Crippen molar-refractivity contribution in [2.24, 2.45) is 0 Å². The van der Waals surface area contributed by atoms with Gasteiger partial charge in [0.1, 0.15) is 5.58 Å². The number of rotatable bonds is 7. The minimum Gasteiger partial charge on any atom is -0.500 e. The fourth-order valence-corrected chi connectivity index (χ4v) is 8.17. The molecule has 0 spiro atoms. The van der Waals surface area contributed by atoms with E-state index in [0.29, 0.717) is 23.0 Å². The third-order valence-corrected chi connectivity index (χ3v) is 12.1. The first-order valence-electron chi connectivity index (χ1n) is 18.9. The van der Waals surface area contributed by atoms with Gasteiger partial charge in [-0.3, -0.25) is 0 Å². The van der Waals surface area contributed by atoms with Crippen LogP contribution in [0.3, 0.4) is 0 Å². The summed E-state index contributed by atoms with van der Waals surface area (Å²) in [5.74, 6) is 0.790. The smallest absolute Gasteiger partial charge is 0.130 e. The van der Waals surface area contributed by atoms with Gasteiger partial charge in [0.2, 0.25) is 0 Å². The number of nitrogens with zero attached hydrogens (tertiary/aromatic N) is 3. The summed E-state index contributed by atoms with van der Waals surface area (Å²) in [4.78, 5) is 9.29. The van der Waals surface area contributed by atoms with Gasteiger partial charge in [-0.15, -0.1) is 54.1 Å². The van der Waals surface area contributed by atoms with E-state index < -0.39 is 8.07 Å². The number of furan rings is 1. The van der Waals surface area contributed by atoms with Crippen molar-refractivity contribution < 1.29 is 24.5 Å². The molecule has 3 heterocycles. The van der Waals surface area contributed by atoms with Crippen LogP contribution in [-0.2, 0) is 20.1 Å². The zero-order chi connectivity index (χ0) is 38.7. The molecule has 5 aromatic carbocycles. The number of aromatic nitrogens is 2. The predicted molar refractivity (Wildman–Crippen MR) is 231 cm³/mol. The minimum atomic E-state index is -1.23. The molecule has 0 aliphatic heterocycles. The minimum absolute atomic E-state index is 0. The van der Waals surface area contributed by atoms with Crippen molar-refractivity contribution in [3.8, 4) is 50.8 Å². The molecule has 56 heavy (non-hydrogen) atoms. The number of hydrogen-bond donors (Lipinski definition) is 0. The van der Waals surface area contributed by atoms with E-state index >= 15 is 0 Å². The van der Waals surface area contributed by atoms with E-state index in [0.717, 1.165) is 55.6 Å². The number of benzene rings is 5. The van der Waals surface area contributed by atoms with Gasteiger partial charge in [0, 0.05) is 43.4 Å². The Morgan fingerprint density at radius 1 is 0.643 bits per heavy atom. The van der Waals surface area contributed by atoms with Crippen molar-refractivity contribution in [3.63, 3.8) is 0 Å². The Labute approximate surface area is 345 Å². The topological polar surface area (TPSA) is 62.7 Å². The van der Waals surface area contributed by atoms with Crippen LogP contribution in [0.5, 0.6) is 0 Å². The maximum atomic E-state index is 9.90. The summed E-state index contributed by atoms with van der Waals surface area (Å²) < 4.78 is 6.61. The third-order valence-electron chi connectivity index (χ3n) is 10.1. The molecule has 6 heteroatoms. The Hall–Kier alpha value is -5.44. The quantitative estimate of drug-likeness (QED) is 0.118. The molecule has 0 fully saturated rings. The maximum Gasteiger partial charge on any atom is 0.130 e. The van der Waals surface area contributed by atoms with Crippen molar-refractivity contribution in [3.05, 3.63) is 163 Å². The van der Waals surface area contributed by atoms with E-state index in [1.807, 2.05) is 91.3 Å². The Morgan fingerprint density at radius 2 is 1.36 bits per heavy atom. The first-order chi connectivity index (χ1) is 26.5. The third kappa shape index (κ3) is 8.22. The largest absolute Gasteiger partial charge is 0.500 e. The number of pyridine rings is 2. The van der Waals surface area contributed by atoms with E-state index in [2.05, 4.69) is 113 Å². The van der Waals surface area contributed by atoms with E-state index in [9.17, 15) is 5.26 Å². The fraction of sp³-hybridized carbons (Fsp3) is 0.180. The maximum absolute atomic E-state index is 9.90. The fourth-order valence-electron chi connectivity index (χ4n) is 7.14. The van der Waals surface area contributed by atoms with Crippen LogP contribution in [0, 0.1) is 23.5 Å². The van der Waals surface area contributed by atoms with Gasteiger partial charge in [-0.25, -0.2) is 0 Å². The van der Waals surface area contributed by atoms with Gasteiger partial charge in [-0.1, -0.05) is 131 Å². The molecule has 0 aliphatic carbocycles. The molecular weight excluding hydrogens is 879 g/mol. The summed E-state index contributed by atoms with van der Waals surface area (Å²) in [5, 5.41) is 13.3. The molecule has 0 atom stereocenters. The summed E-state index contributed by atoms with van der Waals surface area (Å²) in [5.41, 5.74) is 12.6. The second kappa shape index (κ2) is 17.1. The van der Waals surface area contributed by atoms with Crippen LogP contribution in [0.15, 0.2) is 138 Å². The standard InChI is InChI=1S/C36H29N2O.C14H16NSi.Ir/c1-22(2)27-12-8-13-28(23(3)4)34(27)25-18-19-38-32(20-25)31-15-9-14-29-30-17-16-26(21-37)33(36(30)39-35(29)31)24-10-6-5-7-11-24;1-16(2,3)13-9-10-14(15-11-13)12-7-5-4-6-8-12;/h5-14,16-20,22-23H,1-4H3;4-7,9-11H,1-3H3;/q2*-1;. The second-order valence-corrected chi connectivity index (χ2v) is 20.6. The van der Waals surface area contributed by atoms with Crippen molar-refractivity contribution >= 4 is 35.2 Å². The van der Waals surface area contributed by atoms with Crippen LogP contribution in [0.4, 0.5) is 0 Å². The molecule has 4 nitrogen and oxygen atoms in total. The first kappa shape index (κ1) is 40.2. The predicted octanol–water partition coefficient (Wildman–Crippen LogP) is 13.0. The van der Waals surface area contributed by atoms with Crippen molar-refractivity contribution in [2.45, 2.75) is 59.2 Å². The molecule has 0 unspecified atom stereocenters. The Balaban J connectivity index is 0.000000263. The summed E-state index contributed by atoms with van der Waals surface area (Å²) in [6, 6.07) is 49.9. The molecule has 281 valence electrons. The van der Waals surface area contributed by atoms with E-state index in [-0.39, 0.29) is 20.1 Å². The van der Waals surface area contributed by atoms with E-state index in [4.69, 9.17) is 9.40 Å². The molecule has 8 rings (SSSR count). The van der Waals surface area contributed by atoms with Crippen LogP contribution in [0.2, 0.25) is 19.6 Å². The summed E-state index contributed by atoms with van der Waals surface area (Å²) in [6.07, 6.45) is 3.90. The number of fused-ring (bicyclic) bond motifs is 3. The number of hydrogen-bond acceptors (Lipinski definition) is 4. The van der Waals surface area contributed by atoms with Crippen LogP contribution < -0.4 is 5.19 Å². The molecule has 0 bridgehead atoms. The van der Waals surface area contributed by atoms with Crippen molar-refractivity contribution in [2.75, 3.05) is 0 Å². The summed E-state index contributed by atoms with van der Waals surface area (Å²) in [7, 11) is -1.23. The molecule has 0 amide bonds. The Bertz CT molecular complexity index is 2610. The molecular formula is C50H45IrN3OSi-2. The van der Waals surface area contributed by atoms with Crippen molar-refractivity contribution in [1.29, 1.82) is 5.26 Å². The van der Waals surface area contributed by atoms with Gasteiger partial charge in [0.25, 0.3) is 0 Å². The summed E-state index contributed by atoms with van der Waals surface area (Å²) >= 11 is 0. The monoisotopic (exact) mass is 924 g/mol. The van der Waals surface area contributed by atoms with Gasteiger partial charge in [-0.2, -0.15) is 5.26 Å². The average Bonchev–Trinajstić information content (AvgIpc) is 3.60. The van der Waals surface area contributed by atoms with Gasteiger partial charge in [0.15, 0.2) is 0 Å². The molecule has 0 saturated heterocycles. The SMILES string of the molecule is CC(C)c1cccc(C(C)C)c1-c1ccnc(-c2[c-]ccc3c2oc2c(-c4ccccc4)c(C#N)ccc23)c1.C[Si](C)(C)c1ccc(-c2[c-]cccc2)nc1.[Ir]. The van der Waals surface area contributed by atoms with Crippen LogP contribution >= 0.6 is 0 Å². The average molecular weight is 924 g/mol. The summed E-state index contributed by atoms with van der Waals surface area (Å²) in [6.45, 7) is 16.0. The molecule has 0 N–H and O–H groups in total. The van der Waals surface area contributed by atoms with Gasteiger partial charge in [-0.05, 0) is 68.4 Å². The molecule has 3 aromatic heterocycles. The normalized spacial score (nSPS) is 11.3. The van der Waals surface area contributed by atoms with E-state index in [1.165, 1.54) is 21.9 Å². The van der Waals surface area contributed by atoms with Crippen LogP contribution in [-0.4, -0.2) is 18.0 Å². The zero-order valence-corrected chi connectivity index (χ0v) is 36.3. The van der Waals surface area contributed by atoms with Gasteiger partial charge < -0.3 is 14.4 Å². The molecule has 0 aliphatic rings. The zero-order valence-electron chi connectivity index (χ0n) is 32.9. The number of nitriles is 1. The molecule has 1 radical (unpaired) electrons. The molecule has 8 aromatic rings. The van der Waals surface area contributed by atoms with Gasteiger partial charge >= 0.3 is 0 Å².